The lowest BCUT2D eigenvalue weighted by Gasteiger charge is -2.11. The molecule has 47 heavy (non-hydrogen) atoms. The quantitative estimate of drug-likeness (QED) is 0.202. The van der Waals surface area contributed by atoms with Crippen LogP contribution >= 0.6 is 0 Å². The van der Waals surface area contributed by atoms with Crippen molar-refractivity contribution in [1.29, 1.82) is 0 Å². The van der Waals surface area contributed by atoms with Crippen LogP contribution < -0.4 is 0 Å². The number of rotatable bonds is 4. The molecule has 1 aliphatic rings. The Kier molecular flexibility index (Phi) is 5.57. The number of nitrogens with zero attached hydrogens (tertiary/aromatic N) is 2. The molecule has 2 heterocycles. The average Bonchev–Trinajstić information content (AvgIpc) is 3.68. The molecule has 0 radical (unpaired) electrons. The van der Waals surface area contributed by atoms with Crippen LogP contribution in [0.2, 0.25) is 0 Å². The Balaban J connectivity index is 1.17. The molecule has 0 saturated carbocycles. The molecule has 0 N–H and O–H groups in total. The van der Waals surface area contributed by atoms with Gasteiger partial charge in [0.05, 0.1) is 11.4 Å². The lowest BCUT2D eigenvalue weighted by molar-refractivity contribution is 0.669. The third-order valence-corrected chi connectivity index (χ3v) is 9.44. The maximum absolute atomic E-state index is 6.47. The molecule has 0 fully saturated rings. The monoisotopic (exact) mass is 598 g/mol. The fourth-order valence-electron chi connectivity index (χ4n) is 7.25. The highest BCUT2D eigenvalue weighted by atomic mass is 16.3. The molecule has 0 aliphatic heterocycles. The number of furan rings is 1. The molecule has 0 spiro atoms. The number of fused-ring (bicyclic) bond motifs is 6. The summed E-state index contributed by atoms with van der Waals surface area (Å²) in [5.41, 5.74) is 13.9. The highest BCUT2D eigenvalue weighted by Gasteiger charge is 2.22. The third kappa shape index (κ3) is 4.07. The molecule has 2 aromatic heterocycles. The highest BCUT2D eigenvalue weighted by molar-refractivity contribution is 6.16. The summed E-state index contributed by atoms with van der Waals surface area (Å²) < 4.78 is 6.47. The molecule has 0 unspecified atom stereocenters. The largest absolute Gasteiger partial charge is 0.456 e. The van der Waals surface area contributed by atoms with Gasteiger partial charge in [-0.15, -0.1) is 0 Å². The van der Waals surface area contributed by atoms with Crippen LogP contribution in [0.1, 0.15) is 0 Å². The van der Waals surface area contributed by atoms with Gasteiger partial charge in [-0.2, -0.15) is 0 Å². The van der Waals surface area contributed by atoms with Crippen molar-refractivity contribution in [2.75, 3.05) is 0 Å². The number of aromatic nitrogens is 2. The molecule has 0 amide bonds. The molecular formula is C44H26N2O. The molecule has 218 valence electrons. The fourth-order valence-corrected chi connectivity index (χ4v) is 7.25. The molecule has 0 saturated heterocycles. The van der Waals surface area contributed by atoms with Gasteiger partial charge < -0.3 is 4.42 Å². The van der Waals surface area contributed by atoms with Gasteiger partial charge in [-0.25, -0.2) is 9.97 Å². The minimum Gasteiger partial charge on any atom is -0.456 e. The third-order valence-electron chi connectivity index (χ3n) is 9.44. The SMILES string of the molecule is c1ccc(-c2ccc3c(c2)oc2cccc(-c4cc(-c5ccc6c(c5)-c5cccc7cccc-6c57)nc(-c5ccccc5)n4)c23)cc1. The first-order valence-electron chi connectivity index (χ1n) is 15.9. The Morgan fingerprint density at radius 1 is 0.362 bits per heavy atom. The Bertz CT molecular complexity index is 2670. The Labute approximate surface area is 271 Å². The van der Waals surface area contributed by atoms with Crippen LogP contribution in [0.3, 0.4) is 0 Å². The molecule has 3 heteroatoms. The highest BCUT2D eigenvalue weighted by Crippen LogP contribution is 2.48. The van der Waals surface area contributed by atoms with E-state index < -0.39 is 0 Å². The van der Waals surface area contributed by atoms with Gasteiger partial charge in [0.1, 0.15) is 11.2 Å². The van der Waals surface area contributed by atoms with E-state index in [9.17, 15) is 0 Å². The zero-order valence-corrected chi connectivity index (χ0v) is 25.3. The first kappa shape index (κ1) is 26.0. The summed E-state index contributed by atoms with van der Waals surface area (Å²) in [5.74, 6) is 0.695. The molecule has 7 aromatic carbocycles. The standard InChI is InChI=1S/C44H26N2O/c1-3-10-27(11-4-1)30-20-23-36-41(25-30)47-40-19-9-18-35(43(36)40)39-26-38(45-44(46-39)29-12-5-2-6-13-29)31-21-22-32-33-16-7-14-28-15-8-17-34(42(28)33)37(32)24-31/h1-26H. The van der Waals surface area contributed by atoms with Crippen LogP contribution in [0.15, 0.2) is 162 Å². The second-order valence-corrected chi connectivity index (χ2v) is 12.2. The van der Waals surface area contributed by atoms with Gasteiger partial charge >= 0.3 is 0 Å². The predicted molar refractivity (Wildman–Crippen MR) is 193 cm³/mol. The molecule has 10 rings (SSSR count). The van der Waals surface area contributed by atoms with Gasteiger partial charge in [0.25, 0.3) is 0 Å². The zero-order chi connectivity index (χ0) is 30.9. The number of benzene rings is 7. The normalized spacial score (nSPS) is 11.8. The minimum atomic E-state index is 0.695. The van der Waals surface area contributed by atoms with Crippen LogP contribution in [0.4, 0.5) is 0 Å². The second-order valence-electron chi connectivity index (χ2n) is 12.2. The topological polar surface area (TPSA) is 38.9 Å². The maximum atomic E-state index is 6.47. The van der Waals surface area contributed by atoms with Crippen LogP contribution in [0.25, 0.3) is 100.0 Å². The fraction of sp³-hybridized carbons (Fsp3) is 0. The van der Waals surface area contributed by atoms with Gasteiger partial charge in [-0.1, -0.05) is 127 Å². The van der Waals surface area contributed by atoms with Gasteiger partial charge in [0.2, 0.25) is 0 Å². The maximum Gasteiger partial charge on any atom is 0.160 e. The van der Waals surface area contributed by atoms with Crippen LogP contribution in [0.5, 0.6) is 0 Å². The van der Waals surface area contributed by atoms with Crippen molar-refractivity contribution in [3.05, 3.63) is 158 Å². The van der Waals surface area contributed by atoms with Gasteiger partial charge in [0, 0.05) is 27.5 Å². The summed E-state index contributed by atoms with van der Waals surface area (Å²) in [6.45, 7) is 0. The lowest BCUT2D eigenvalue weighted by atomic mass is 9.97. The summed E-state index contributed by atoms with van der Waals surface area (Å²) in [7, 11) is 0. The lowest BCUT2D eigenvalue weighted by Crippen LogP contribution is -1.96. The van der Waals surface area contributed by atoms with Crippen molar-refractivity contribution >= 4 is 32.7 Å². The molecule has 0 atom stereocenters. The molecule has 0 bridgehead atoms. The number of hydrogen-bond donors (Lipinski definition) is 0. The van der Waals surface area contributed by atoms with E-state index >= 15 is 0 Å². The van der Waals surface area contributed by atoms with Crippen molar-refractivity contribution in [1.82, 2.24) is 9.97 Å². The molecule has 9 aromatic rings. The van der Waals surface area contributed by atoms with Crippen molar-refractivity contribution < 1.29 is 4.42 Å². The number of hydrogen-bond acceptors (Lipinski definition) is 3. The Morgan fingerprint density at radius 3 is 1.85 bits per heavy atom. The summed E-state index contributed by atoms with van der Waals surface area (Å²) in [6.07, 6.45) is 0. The average molecular weight is 599 g/mol. The Morgan fingerprint density at radius 2 is 1.04 bits per heavy atom. The van der Waals surface area contributed by atoms with Gasteiger partial charge in [-0.3, -0.25) is 0 Å². The van der Waals surface area contributed by atoms with Crippen molar-refractivity contribution in [2.24, 2.45) is 0 Å². The van der Waals surface area contributed by atoms with Crippen LogP contribution in [-0.2, 0) is 0 Å². The van der Waals surface area contributed by atoms with E-state index in [1.807, 2.05) is 30.3 Å². The summed E-state index contributed by atoms with van der Waals surface area (Å²) in [5, 5.41) is 4.72. The van der Waals surface area contributed by atoms with E-state index in [0.717, 1.165) is 61.1 Å². The van der Waals surface area contributed by atoms with E-state index in [2.05, 4.69) is 127 Å². The van der Waals surface area contributed by atoms with E-state index in [4.69, 9.17) is 14.4 Å². The van der Waals surface area contributed by atoms with Gasteiger partial charge in [-0.05, 0) is 74.5 Å². The minimum absolute atomic E-state index is 0.695. The van der Waals surface area contributed by atoms with Crippen LogP contribution in [0, 0.1) is 0 Å². The smallest absolute Gasteiger partial charge is 0.160 e. The van der Waals surface area contributed by atoms with Crippen LogP contribution in [-0.4, -0.2) is 9.97 Å². The molecule has 3 nitrogen and oxygen atoms in total. The summed E-state index contributed by atoms with van der Waals surface area (Å²) in [4.78, 5) is 10.3. The van der Waals surface area contributed by atoms with E-state index in [0.29, 0.717) is 5.82 Å². The van der Waals surface area contributed by atoms with Crippen molar-refractivity contribution in [2.45, 2.75) is 0 Å². The molecular weight excluding hydrogens is 572 g/mol. The van der Waals surface area contributed by atoms with E-state index in [-0.39, 0.29) is 0 Å². The second kappa shape index (κ2) is 10.1. The first-order chi connectivity index (χ1) is 23.3. The van der Waals surface area contributed by atoms with E-state index in [1.165, 1.54) is 33.0 Å². The predicted octanol–water partition coefficient (Wildman–Crippen LogP) is 11.8. The van der Waals surface area contributed by atoms with Crippen molar-refractivity contribution in [3.63, 3.8) is 0 Å². The molecule has 1 aliphatic carbocycles. The zero-order valence-electron chi connectivity index (χ0n) is 25.3. The van der Waals surface area contributed by atoms with Crippen molar-refractivity contribution in [3.8, 4) is 67.3 Å². The van der Waals surface area contributed by atoms with Gasteiger partial charge in [0.15, 0.2) is 5.82 Å². The summed E-state index contributed by atoms with van der Waals surface area (Å²) >= 11 is 0. The van der Waals surface area contributed by atoms with E-state index in [1.54, 1.807) is 0 Å². The Hall–Kier alpha value is -6.32. The first-order valence-corrected chi connectivity index (χ1v) is 15.9. The summed E-state index contributed by atoms with van der Waals surface area (Å²) in [6, 6.07) is 55.4.